The molecule has 2 heteroatoms. The molecule has 1 aromatic rings. The second kappa shape index (κ2) is 4.27. The predicted octanol–water partition coefficient (Wildman–Crippen LogP) is 2.43. The van der Waals surface area contributed by atoms with E-state index in [4.69, 9.17) is 11.6 Å². The summed E-state index contributed by atoms with van der Waals surface area (Å²) in [4.78, 5) is 11.2. The van der Waals surface area contributed by atoms with Crippen LogP contribution in [0.15, 0.2) is 30.3 Å². The number of carbonyl (C=O) groups is 1. The van der Waals surface area contributed by atoms with Gasteiger partial charge in [0.2, 0.25) is 0 Å². The quantitative estimate of drug-likeness (QED) is 0.657. The van der Waals surface area contributed by atoms with Crippen LogP contribution in [0.1, 0.15) is 12.5 Å². The SMILES string of the molecule is C[C@H](Cl)C(=O)Cc1ccccc1. The van der Waals surface area contributed by atoms with Crippen molar-refractivity contribution < 1.29 is 4.79 Å². The first kappa shape index (κ1) is 9.27. The molecule has 1 atom stereocenters. The molecule has 1 nitrogen and oxygen atoms in total. The summed E-state index contributed by atoms with van der Waals surface area (Å²) >= 11 is 5.63. The zero-order valence-corrected chi connectivity index (χ0v) is 7.71. The van der Waals surface area contributed by atoms with Gasteiger partial charge in [-0.3, -0.25) is 4.79 Å². The zero-order chi connectivity index (χ0) is 8.97. The number of benzene rings is 1. The van der Waals surface area contributed by atoms with Crippen LogP contribution in [0.25, 0.3) is 0 Å². The molecule has 0 heterocycles. The van der Waals surface area contributed by atoms with Gasteiger partial charge in [0.15, 0.2) is 5.78 Å². The molecule has 0 aliphatic heterocycles. The molecule has 64 valence electrons. The molecule has 0 bridgehead atoms. The molecular weight excluding hydrogens is 172 g/mol. The van der Waals surface area contributed by atoms with E-state index < -0.39 is 0 Å². The first-order chi connectivity index (χ1) is 5.70. The van der Waals surface area contributed by atoms with Crippen LogP contribution in [0, 0.1) is 0 Å². The Morgan fingerprint density at radius 3 is 2.50 bits per heavy atom. The Labute approximate surface area is 77.4 Å². The van der Waals surface area contributed by atoms with Crippen LogP contribution in [-0.2, 0) is 11.2 Å². The minimum absolute atomic E-state index is 0.0721. The molecule has 12 heavy (non-hydrogen) atoms. The average molecular weight is 183 g/mol. The van der Waals surface area contributed by atoms with Crippen LogP contribution in [0.5, 0.6) is 0 Å². The van der Waals surface area contributed by atoms with Crippen molar-refractivity contribution in [2.75, 3.05) is 0 Å². The van der Waals surface area contributed by atoms with E-state index in [0.717, 1.165) is 5.56 Å². The van der Waals surface area contributed by atoms with E-state index in [9.17, 15) is 4.79 Å². The fourth-order valence-electron chi connectivity index (χ4n) is 0.938. The van der Waals surface area contributed by atoms with Crippen LogP contribution in [0.4, 0.5) is 0 Å². The highest BCUT2D eigenvalue weighted by Crippen LogP contribution is 2.04. The van der Waals surface area contributed by atoms with Crippen molar-refractivity contribution in [3.8, 4) is 0 Å². The van der Waals surface area contributed by atoms with E-state index in [1.807, 2.05) is 30.3 Å². The Balaban J connectivity index is 2.59. The van der Waals surface area contributed by atoms with Crippen molar-refractivity contribution in [1.82, 2.24) is 0 Å². The van der Waals surface area contributed by atoms with Gasteiger partial charge in [0.25, 0.3) is 0 Å². The Kier molecular flexibility index (Phi) is 3.30. The molecule has 0 saturated carbocycles. The van der Waals surface area contributed by atoms with Crippen LogP contribution in [-0.4, -0.2) is 11.2 Å². The number of hydrogen-bond donors (Lipinski definition) is 0. The maximum atomic E-state index is 11.2. The third kappa shape index (κ3) is 2.67. The highest BCUT2D eigenvalue weighted by molar-refractivity contribution is 6.30. The molecule has 1 rings (SSSR count). The molecule has 0 unspecified atom stereocenters. The van der Waals surface area contributed by atoms with Gasteiger partial charge in [-0.1, -0.05) is 30.3 Å². The summed E-state index contributed by atoms with van der Waals surface area (Å²) in [7, 11) is 0. The van der Waals surface area contributed by atoms with Crippen molar-refractivity contribution in [3.05, 3.63) is 35.9 Å². The standard InChI is InChI=1S/C10H11ClO/c1-8(11)10(12)7-9-5-3-2-4-6-9/h2-6,8H,7H2,1H3/t8-/m0/s1. The molecule has 0 spiro atoms. The topological polar surface area (TPSA) is 17.1 Å². The lowest BCUT2D eigenvalue weighted by Gasteiger charge is -2.01. The number of halogens is 1. The van der Waals surface area contributed by atoms with E-state index in [1.54, 1.807) is 6.92 Å². The Morgan fingerprint density at radius 2 is 2.00 bits per heavy atom. The first-order valence-electron chi connectivity index (χ1n) is 3.91. The molecule has 0 aliphatic rings. The van der Waals surface area contributed by atoms with E-state index in [-0.39, 0.29) is 11.2 Å². The van der Waals surface area contributed by atoms with E-state index in [2.05, 4.69) is 0 Å². The fraction of sp³-hybridized carbons (Fsp3) is 0.300. The van der Waals surface area contributed by atoms with Crippen molar-refractivity contribution in [1.29, 1.82) is 0 Å². The molecule has 0 aliphatic carbocycles. The lowest BCUT2D eigenvalue weighted by Crippen LogP contribution is -2.12. The van der Waals surface area contributed by atoms with Crippen LogP contribution in [0.3, 0.4) is 0 Å². The third-order valence-corrected chi connectivity index (χ3v) is 1.91. The van der Waals surface area contributed by atoms with Gasteiger partial charge in [0.1, 0.15) is 0 Å². The van der Waals surface area contributed by atoms with Gasteiger partial charge in [0, 0.05) is 6.42 Å². The average Bonchev–Trinajstić information content (AvgIpc) is 2.06. The summed E-state index contributed by atoms with van der Waals surface area (Å²) in [5.41, 5.74) is 1.02. The third-order valence-electron chi connectivity index (χ3n) is 1.66. The zero-order valence-electron chi connectivity index (χ0n) is 6.96. The summed E-state index contributed by atoms with van der Waals surface area (Å²) in [5.74, 6) is 0.0721. The first-order valence-corrected chi connectivity index (χ1v) is 4.34. The molecule has 0 radical (unpaired) electrons. The smallest absolute Gasteiger partial charge is 0.154 e. The number of alkyl halides is 1. The Bertz CT molecular complexity index is 254. The molecule has 0 fully saturated rings. The lowest BCUT2D eigenvalue weighted by molar-refractivity contribution is -0.117. The van der Waals surface area contributed by atoms with Gasteiger partial charge in [-0.2, -0.15) is 0 Å². The number of rotatable bonds is 3. The number of Topliss-reactive ketones (excluding diaryl/α,β-unsaturated/α-hetero) is 1. The van der Waals surface area contributed by atoms with Crippen LogP contribution < -0.4 is 0 Å². The van der Waals surface area contributed by atoms with Crippen molar-refractivity contribution >= 4 is 17.4 Å². The van der Waals surface area contributed by atoms with Crippen LogP contribution in [0.2, 0.25) is 0 Å². The number of hydrogen-bond acceptors (Lipinski definition) is 1. The number of carbonyl (C=O) groups excluding carboxylic acids is 1. The number of ketones is 1. The Morgan fingerprint density at radius 1 is 1.42 bits per heavy atom. The highest BCUT2D eigenvalue weighted by Gasteiger charge is 2.08. The van der Waals surface area contributed by atoms with Gasteiger partial charge in [0.05, 0.1) is 5.38 Å². The lowest BCUT2D eigenvalue weighted by atomic mass is 10.1. The second-order valence-electron chi connectivity index (χ2n) is 2.74. The molecule has 0 N–H and O–H groups in total. The summed E-state index contributed by atoms with van der Waals surface area (Å²) in [6.45, 7) is 1.70. The molecular formula is C10H11ClO. The van der Waals surface area contributed by atoms with E-state index in [1.165, 1.54) is 0 Å². The summed E-state index contributed by atoms with van der Waals surface area (Å²) in [5, 5.41) is -0.384. The van der Waals surface area contributed by atoms with Gasteiger partial charge < -0.3 is 0 Å². The van der Waals surface area contributed by atoms with Gasteiger partial charge in [-0.15, -0.1) is 11.6 Å². The molecule has 0 saturated heterocycles. The summed E-state index contributed by atoms with van der Waals surface area (Å²) in [6.07, 6.45) is 0.436. The normalized spacial score (nSPS) is 12.5. The minimum atomic E-state index is -0.384. The van der Waals surface area contributed by atoms with E-state index >= 15 is 0 Å². The summed E-state index contributed by atoms with van der Waals surface area (Å²) in [6, 6.07) is 9.62. The van der Waals surface area contributed by atoms with Gasteiger partial charge in [-0.05, 0) is 12.5 Å². The van der Waals surface area contributed by atoms with Crippen LogP contribution >= 0.6 is 11.6 Å². The van der Waals surface area contributed by atoms with Gasteiger partial charge >= 0.3 is 0 Å². The van der Waals surface area contributed by atoms with Crippen molar-refractivity contribution in [3.63, 3.8) is 0 Å². The fourth-order valence-corrected chi connectivity index (χ4v) is 1.01. The largest absolute Gasteiger partial charge is 0.298 e. The minimum Gasteiger partial charge on any atom is -0.298 e. The maximum Gasteiger partial charge on any atom is 0.154 e. The van der Waals surface area contributed by atoms with E-state index in [0.29, 0.717) is 6.42 Å². The molecule has 1 aromatic carbocycles. The van der Waals surface area contributed by atoms with Gasteiger partial charge in [-0.25, -0.2) is 0 Å². The highest BCUT2D eigenvalue weighted by atomic mass is 35.5. The maximum absolute atomic E-state index is 11.2. The monoisotopic (exact) mass is 182 g/mol. The molecule has 0 aromatic heterocycles. The summed E-state index contributed by atoms with van der Waals surface area (Å²) < 4.78 is 0. The van der Waals surface area contributed by atoms with Crippen molar-refractivity contribution in [2.24, 2.45) is 0 Å². The molecule has 0 amide bonds. The Hall–Kier alpha value is -0.820. The predicted molar refractivity (Wildman–Crippen MR) is 50.5 cm³/mol. The van der Waals surface area contributed by atoms with Crippen molar-refractivity contribution in [2.45, 2.75) is 18.7 Å². The second-order valence-corrected chi connectivity index (χ2v) is 3.40.